The second kappa shape index (κ2) is 5.18. The van der Waals surface area contributed by atoms with Crippen LogP contribution in [0.15, 0.2) is 18.3 Å². The van der Waals surface area contributed by atoms with Gasteiger partial charge in [-0.2, -0.15) is 0 Å². The maximum Gasteiger partial charge on any atom is 0.368 e. The molecular formula is C14H16N6O3. The number of carbonyl (C=O) groups is 1. The number of fused-ring (bicyclic) bond motifs is 1. The Morgan fingerprint density at radius 2 is 2.17 bits per heavy atom. The molecule has 1 N–H and O–H groups in total. The van der Waals surface area contributed by atoms with E-state index in [2.05, 4.69) is 15.4 Å². The lowest BCUT2D eigenvalue weighted by Crippen LogP contribution is -2.44. The van der Waals surface area contributed by atoms with E-state index in [1.54, 1.807) is 12.1 Å². The molecule has 0 spiro atoms. The van der Waals surface area contributed by atoms with Crippen molar-refractivity contribution in [2.24, 2.45) is 0 Å². The van der Waals surface area contributed by atoms with Crippen molar-refractivity contribution in [3.05, 3.63) is 28.4 Å². The Labute approximate surface area is 131 Å². The van der Waals surface area contributed by atoms with Crippen LogP contribution in [0.1, 0.15) is 25.7 Å². The van der Waals surface area contributed by atoms with Gasteiger partial charge in [0.25, 0.3) is 0 Å². The Balaban J connectivity index is 1.65. The molecule has 1 atom stereocenters. The van der Waals surface area contributed by atoms with Crippen molar-refractivity contribution in [1.29, 1.82) is 0 Å². The van der Waals surface area contributed by atoms with Crippen LogP contribution in [-0.2, 0) is 4.79 Å². The van der Waals surface area contributed by atoms with E-state index in [1.807, 2.05) is 4.90 Å². The highest BCUT2D eigenvalue weighted by Gasteiger charge is 2.35. The van der Waals surface area contributed by atoms with Gasteiger partial charge in [0.05, 0.1) is 0 Å². The van der Waals surface area contributed by atoms with Gasteiger partial charge >= 0.3 is 5.82 Å². The summed E-state index contributed by atoms with van der Waals surface area (Å²) in [6.07, 6.45) is 4.94. The zero-order valence-corrected chi connectivity index (χ0v) is 12.4. The van der Waals surface area contributed by atoms with Crippen molar-refractivity contribution < 1.29 is 9.72 Å². The van der Waals surface area contributed by atoms with E-state index in [0.717, 1.165) is 25.7 Å². The highest BCUT2D eigenvalue weighted by Crippen LogP contribution is 2.26. The summed E-state index contributed by atoms with van der Waals surface area (Å²) < 4.78 is 1.21. The summed E-state index contributed by atoms with van der Waals surface area (Å²) >= 11 is 0. The van der Waals surface area contributed by atoms with E-state index < -0.39 is 4.92 Å². The molecule has 0 bridgehead atoms. The topological polar surface area (TPSA) is 106 Å². The van der Waals surface area contributed by atoms with Crippen molar-refractivity contribution in [3.8, 4) is 0 Å². The van der Waals surface area contributed by atoms with Gasteiger partial charge in [-0.1, -0.05) is 9.61 Å². The van der Waals surface area contributed by atoms with Crippen LogP contribution < -0.4 is 10.2 Å². The van der Waals surface area contributed by atoms with Crippen LogP contribution in [0.2, 0.25) is 0 Å². The summed E-state index contributed by atoms with van der Waals surface area (Å²) in [7, 11) is 0. The van der Waals surface area contributed by atoms with Gasteiger partial charge in [-0.3, -0.25) is 4.79 Å². The van der Waals surface area contributed by atoms with Crippen molar-refractivity contribution in [2.75, 3.05) is 11.4 Å². The first kappa shape index (κ1) is 13.9. The molecule has 9 nitrogen and oxygen atoms in total. The molecule has 0 aromatic carbocycles. The Morgan fingerprint density at radius 3 is 2.91 bits per heavy atom. The standard InChI is InChI=1S/C14H16N6O3/c21-14(16-9-3-4-9)10-2-1-7-18(10)12-6-5-11-15-8-13(20(22)23)19(11)17-12/h5-6,8-10H,1-4,7H2,(H,16,21). The first-order valence-corrected chi connectivity index (χ1v) is 7.69. The summed E-state index contributed by atoms with van der Waals surface area (Å²) in [5.41, 5.74) is 0.415. The molecule has 1 amide bonds. The fourth-order valence-electron chi connectivity index (χ4n) is 2.97. The van der Waals surface area contributed by atoms with E-state index in [1.165, 1.54) is 10.7 Å². The van der Waals surface area contributed by atoms with Gasteiger partial charge < -0.3 is 20.3 Å². The maximum atomic E-state index is 12.4. The molecule has 0 radical (unpaired) electrons. The van der Waals surface area contributed by atoms with Crippen molar-refractivity contribution in [2.45, 2.75) is 37.8 Å². The lowest BCUT2D eigenvalue weighted by atomic mass is 10.2. The number of rotatable bonds is 4. The molecule has 2 fully saturated rings. The molecule has 120 valence electrons. The minimum absolute atomic E-state index is 0.0204. The van der Waals surface area contributed by atoms with Crippen molar-refractivity contribution in [3.63, 3.8) is 0 Å². The van der Waals surface area contributed by atoms with Crippen LogP contribution >= 0.6 is 0 Å². The normalized spacial score (nSPS) is 20.9. The fraction of sp³-hybridized carbons (Fsp3) is 0.500. The Kier molecular flexibility index (Phi) is 3.14. The average Bonchev–Trinajstić information content (AvgIpc) is 3.05. The fourth-order valence-corrected chi connectivity index (χ4v) is 2.97. The SMILES string of the molecule is O=C(NC1CC1)C1CCCN1c1ccc2ncc([N+](=O)[O-])n2n1. The predicted molar refractivity (Wildman–Crippen MR) is 81.2 cm³/mol. The Bertz CT molecular complexity index is 784. The van der Waals surface area contributed by atoms with E-state index >= 15 is 0 Å². The quantitative estimate of drug-likeness (QED) is 0.663. The number of nitrogens with zero attached hydrogens (tertiary/aromatic N) is 5. The number of nitro groups is 1. The molecule has 1 saturated heterocycles. The third-order valence-corrected chi connectivity index (χ3v) is 4.29. The molecule has 2 aliphatic rings. The van der Waals surface area contributed by atoms with E-state index in [0.29, 0.717) is 24.1 Å². The highest BCUT2D eigenvalue weighted by atomic mass is 16.6. The molecule has 2 aromatic rings. The monoisotopic (exact) mass is 316 g/mol. The summed E-state index contributed by atoms with van der Waals surface area (Å²) in [6, 6.07) is 3.50. The lowest BCUT2D eigenvalue weighted by molar-refractivity contribution is -0.391. The minimum atomic E-state index is -0.516. The third-order valence-electron chi connectivity index (χ3n) is 4.29. The van der Waals surface area contributed by atoms with Crippen molar-refractivity contribution >= 4 is 23.2 Å². The molecule has 1 unspecified atom stereocenters. The van der Waals surface area contributed by atoms with Gasteiger partial charge in [-0.25, -0.2) is 4.98 Å². The number of imidazole rings is 1. The van der Waals surface area contributed by atoms with E-state index in [9.17, 15) is 14.9 Å². The van der Waals surface area contributed by atoms with Gasteiger partial charge in [0.2, 0.25) is 11.6 Å². The van der Waals surface area contributed by atoms with Crippen LogP contribution in [0.5, 0.6) is 0 Å². The van der Waals surface area contributed by atoms with Crippen molar-refractivity contribution in [1.82, 2.24) is 19.9 Å². The molecule has 1 aliphatic carbocycles. The number of nitrogens with one attached hydrogen (secondary N) is 1. The number of aromatic nitrogens is 3. The lowest BCUT2D eigenvalue weighted by Gasteiger charge is -2.23. The van der Waals surface area contributed by atoms with Crippen LogP contribution in [0.4, 0.5) is 11.6 Å². The maximum absolute atomic E-state index is 12.4. The summed E-state index contributed by atoms with van der Waals surface area (Å²) in [4.78, 5) is 28.8. The first-order chi connectivity index (χ1) is 11.1. The summed E-state index contributed by atoms with van der Waals surface area (Å²) in [5.74, 6) is 0.402. The Morgan fingerprint density at radius 1 is 1.35 bits per heavy atom. The second-order valence-electron chi connectivity index (χ2n) is 5.97. The predicted octanol–water partition coefficient (Wildman–Crippen LogP) is 0.885. The molecule has 4 rings (SSSR count). The average molecular weight is 316 g/mol. The number of carbonyl (C=O) groups excluding carboxylic acids is 1. The Hall–Kier alpha value is -2.71. The first-order valence-electron chi connectivity index (χ1n) is 7.69. The second-order valence-corrected chi connectivity index (χ2v) is 5.97. The van der Waals surface area contributed by atoms with Crippen LogP contribution in [-0.4, -0.2) is 44.1 Å². The molecule has 3 heterocycles. The van der Waals surface area contributed by atoms with E-state index in [4.69, 9.17) is 0 Å². The number of hydrogen-bond donors (Lipinski definition) is 1. The number of hydrogen-bond acceptors (Lipinski definition) is 6. The molecular weight excluding hydrogens is 300 g/mol. The zero-order valence-electron chi connectivity index (χ0n) is 12.4. The number of anilines is 1. The number of amides is 1. The third kappa shape index (κ3) is 2.47. The summed E-state index contributed by atoms with van der Waals surface area (Å²) in [6.45, 7) is 0.712. The van der Waals surface area contributed by atoms with Gasteiger partial charge in [-0.15, -0.1) is 0 Å². The smallest absolute Gasteiger partial charge is 0.358 e. The largest absolute Gasteiger partial charge is 0.368 e. The van der Waals surface area contributed by atoms with Gasteiger partial charge in [0.1, 0.15) is 12.2 Å². The summed E-state index contributed by atoms with van der Waals surface area (Å²) in [5, 5.41) is 18.4. The molecule has 1 aliphatic heterocycles. The molecule has 23 heavy (non-hydrogen) atoms. The van der Waals surface area contributed by atoms with Gasteiger partial charge in [-0.05, 0) is 36.7 Å². The molecule has 9 heteroatoms. The molecule has 1 saturated carbocycles. The zero-order chi connectivity index (χ0) is 16.0. The van der Waals surface area contributed by atoms with Crippen LogP contribution in [0.25, 0.3) is 5.65 Å². The van der Waals surface area contributed by atoms with Gasteiger partial charge in [0.15, 0.2) is 5.82 Å². The van der Waals surface area contributed by atoms with Crippen LogP contribution in [0, 0.1) is 10.1 Å². The minimum Gasteiger partial charge on any atom is -0.358 e. The molecule has 2 aromatic heterocycles. The van der Waals surface area contributed by atoms with Gasteiger partial charge in [0, 0.05) is 18.7 Å². The highest BCUT2D eigenvalue weighted by molar-refractivity contribution is 5.86. The van der Waals surface area contributed by atoms with Crippen LogP contribution in [0.3, 0.4) is 0 Å². The van der Waals surface area contributed by atoms with E-state index in [-0.39, 0.29) is 17.8 Å².